The summed E-state index contributed by atoms with van der Waals surface area (Å²) in [6.07, 6.45) is 6.71. The normalized spacial score (nSPS) is 19.3. The summed E-state index contributed by atoms with van der Waals surface area (Å²) in [5.41, 5.74) is 3.25. The van der Waals surface area contributed by atoms with Gasteiger partial charge in [0.25, 0.3) is 0 Å². The van der Waals surface area contributed by atoms with Gasteiger partial charge in [0, 0.05) is 37.4 Å². The zero-order chi connectivity index (χ0) is 18.6. The van der Waals surface area contributed by atoms with Crippen LogP contribution in [0.4, 0.5) is 0 Å². The predicted molar refractivity (Wildman–Crippen MR) is 110 cm³/mol. The van der Waals surface area contributed by atoms with Crippen LogP contribution in [0.5, 0.6) is 0 Å². The maximum atomic E-state index is 9.30. The summed E-state index contributed by atoms with van der Waals surface area (Å²) in [4.78, 5) is 6.71. The lowest BCUT2D eigenvalue weighted by Crippen LogP contribution is -2.31. The lowest BCUT2D eigenvalue weighted by atomic mass is 9.99. The van der Waals surface area contributed by atoms with E-state index in [0.717, 1.165) is 11.4 Å². The Morgan fingerprint density at radius 1 is 1.07 bits per heavy atom. The lowest BCUT2D eigenvalue weighted by molar-refractivity contribution is 0.247. The van der Waals surface area contributed by atoms with Crippen molar-refractivity contribution in [2.75, 3.05) is 13.2 Å². The van der Waals surface area contributed by atoms with Gasteiger partial charge in [-0.1, -0.05) is 24.3 Å². The maximum absolute atomic E-state index is 9.30. The minimum atomic E-state index is -0.0241. The summed E-state index contributed by atoms with van der Waals surface area (Å²) < 4.78 is 2.12. The van der Waals surface area contributed by atoms with E-state index in [2.05, 4.69) is 50.4 Å². The Morgan fingerprint density at radius 3 is 2.63 bits per heavy atom. The van der Waals surface area contributed by atoms with Gasteiger partial charge in [-0.3, -0.25) is 4.98 Å². The van der Waals surface area contributed by atoms with Gasteiger partial charge in [0.15, 0.2) is 5.11 Å². The van der Waals surface area contributed by atoms with E-state index >= 15 is 0 Å². The Labute approximate surface area is 164 Å². The van der Waals surface area contributed by atoms with Crippen molar-refractivity contribution in [2.24, 2.45) is 0 Å². The van der Waals surface area contributed by atoms with E-state index in [1.165, 1.54) is 5.56 Å². The van der Waals surface area contributed by atoms with Crippen molar-refractivity contribution < 1.29 is 5.11 Å². The molecule has 0 amide bonds. The quantitative estimate of drug-likeness (QED) is 0.645. The Morgan fingerprint density at radius 2 is 1.89 bits per heavy atom. The molecule has 1 aromatic carbocycles. The third-order valence-corrected chi connectivity index (χ3v) is 5.22. The molecule has 2 aromatic heterocycles. The second-order valence-electron chi connectivity index (χ2n) is 6.58. The van der Waals surface area contributed by atoms with E-state index in [1.807, 2.05) is 42.6 Å². The van der Waals surface area contributed by atoms with Gasteiger partial charge in [0.1, 0.15) is 0 Å². The Balaban J connectivity index is 1.70. The number of thiocarbonyl (C=S) groups is 1. The standard InChI is InChI=1S/C21H22N4OS/c26-14-6-12-25-20(19(23-21(25)27)18-9-4-5-11-22-18)16-10-13-24(15-16)17-7-2-1-3-8-17/h1-5,7-11,13,15,19-20,26H,6,12,14H2,(H,23,27)/t19-,20+/m0/s1. The van der Waals surface area contributed by atoms with Crippen LogP contribution in [0.1, 0.15) is 29.8 Å². The summed E-state index contributed by atoms with van der Waals surface area (Å²) in [6, 6.07) is 18.3. The number of para-hydroxylation sites is 1. The first-order valence-electron chi connectivity index (χ1n) is 9.10. The molecule has 2 atom stereocenters. The zero-order valence-electron chi connectivity index (χ0n) is 14.9. The number of pyridine rings is 1. The maximum Gasteiger partial charge on any atom is 0.170 e. The van der Waals surface area contributed by atoms with Crippen molar-refractivity contribution in [3.63, 3.8) is 0 Å². The van der Waals surface area contributed by atoms with Gasteiger partial charge in [0.2, 0.25) is 0 Å². The Hall–Kier alpha value is -2.70. The van der Waals surface area contributed by atoms with Crippen molar-refractivity contribution in [1.29, 1.82) is 0 Å². The summed E-state index contributed by atoms with van der Waals surface area (Å²) in [5, 5.41) is 13.4. The molecule has 3 aromatic rings. The first-order valence-corrected chi connectivity index (χ1v) is 9.51. The first kappa shape index (κ1) is 17.7. The molecule has 0 bridgehead atoms. The molecular formula is C21H22N4OS. The van der Waals surface area contributed by atoms with Crippen LogP contribution in [-0.2, 0) is 0 Å². The molecule has 2 N–H and O–H groups in total. The zero-order valence-corrected chi connectivity index (χ0v) is 15.7. The van der Waals surface area contributed by atoms with Crippen molar-refractivity contribution in [1.82, 2.24) is 19.8 Å². The van der Waals surface area contributed by atoms with E-state index in [0.29, 0.717) is 18.1 Å². The summed E-state index contributed by atoms with van der Waals surface area (Å²) in [7, 11) is 0. The highest BCUT2D eigenvalue weighted by Gasteiger charge is 2.39. The molecule has 3 heterocycles. The van der Waals surface area contributed by atoms with Crippen LogP contribution in [0.3, 0.4) is 0 Å². The number of nitrogens with zero attached hydrogens (tertiary/aromatic N) is 3. The number of rotatable bonds is 6. The third kappa shape index (κ3) is 3.59. The first-order chi connectivity index (χ1) is 13.3. The van der Waals surface area contributed by atoms with Crippen LogP contribution < -0.4 is 5.32 Å². The van der Waals surface area contributed by atoms with Crippen LogP contribution in [0.15, 0.2) is 73.2 Å². The molecule has 138 valence electrons. The highest BCUT2D eigenvalue weighted by Crippen LogP contribution is 2.38. The summed E-state index contributed by atoms with van der Waals surface area (Å²) >= 11 is 5.61. The third-order valence-electron chi connectivity index (χ3n) is 4.87. The van der Waals surface area contributed by atoms with Gasteiger partial charge in [-0.05, 0) is 54.5 Å². The van der Waals surface area contributed by atoms with Gasteiger partial charge in [0.05, 0.1) is 17.8 Å². The van der Waals surface area contributed by atoms with Gasteiger partial charge in [-0.25, -0.2) is 0 Å². The number of hydrogen-bond acceptors (Lipinski definition) is 3. The number of aromatic nitrogens is 2. The Bertz CT molecular complexity index is 897. The highest BCUT2D eigenvalue weighted by molar-refractivity contribution is 7.80. The van der Waals surface area contributed by atoms with Crippen LogP contribution in [0.25, 0.3) is 5.69 Å². The Kier molecular flexibility index (Phi) is 5.18. The minimum Gasteiger partial charge on any atom is -0.396 e. The second-order valence-corrected chi connectivity index (χ2v) is 6.97. The fraction of sp³-hybridized carbons (Fsp3) is 0.238. The summed E-state index contributed by atoms with van der Waals surface area (Å²) in [5.74, 6) is 0. The number of hydrogen-bond donors (Lipinski definition) is 2. The SMILES string of the molecule is OCCCN1C(=S)N[C@@H](c2ccccn2)[C@H]1c1ccn(-c2ccccc2)c1. The molecule has 4 rings (SSSR count). The number of aliphatic hydroxyl groups is 1. The molecule has 0 aliphatic carbocycles. The van der Waals surface area contributed by atoms with Crippen LogP contribution in [-0.4, -0.2) is 37.8 Å². The number of aliphatic hydroxyl groups excluding tert-OH is 1. The molecule has 6 heteroatoms. The molecule has 1 aliphatic rings. The van der Waals surface area contributed by atoms with Crippen LogP contribution >= 0.6 is 12.2 Å². The van der Waals surface area contributed by atoms with Gasteiger partial charge < -0.3 is 19.9 Å². The number of benzene rings is 1. The van der Waals surface area contributed by atoms with Crippen molar-refractivity contribution in [2.45, 2.75) is 18.5 Å². The molecule has 0 unspecified atom stereocenters. The highest BCUT2D eigenvalue weighted by atomic mass is 32.1. The van der Waals surface area contributed by atoms with Gasteiger partial charge in [-0.15, -0.1) is 0 Å². The van der Waals surface area contributed by atoms with Crippen molar-refractivity contribution >= 4 is 17.3 Å². The van der Waals surface area contributed by atoms with E-state index < -0.39 is 0 Å². The smallest absolute Gasteiger partial charge is 0.170 e. The predicted octanol–water partition coefficient (Wildman–Crippen LogP) is 3.23. The minimum absolute atomic E-state index is 0.0241. The monoisotopic (exact) mass is 378 g/mol. The van der Waals surface area contributed by atoms with E-state index in [-0.39, 0.29) is 18.7 Å². The van der Waals surface area contributed by atoms with E-state index in [4.69, 9.17) is 12.2 Å². The topological polar surface area (TPSA) is 53.3 Å². The fourth-order valence-corrected chi connectivity index (χ4v) is 3.93. The molecule has 5 nitrogen and oxygen atoms in total. The molecule has 1 saturated heterocycles. The second kappa shape index (κ2) is 7.90. The summed E-state index contributed by atoms with van der Waals surface area (Å²) in [6.45, 7) is 0.845. The average Bonchev–Trinajstić information content (AvgIpc) is 3.32. The van der Waals surface area contributed by atoms with Crippen LogP contribution in [0, 0.1) is 0 Å². The molecule has 27 heavy (non-hydrogen) atoms. The van der Waals surface area contributed by atoms with Crippen molar-refractivity contribution in [3.8, 4) is 5.69 Å². The largest absolute Gasteiger partial charge is 0.396 e. The number of nitrogens with one attached hydrogen (secondary N) is 1. The molecular weight excluding hydrogens is 356 g/mol. The van der Waals surface area contributed by atoms with Crippen LogP contribution in [0.2, 0.25) is 0 Å². The molecule has 0 radical (unpaired) electrons. The van der Waals surface area contributed by atoms with Gasteiger partial charge >= 0.3 is 0 Å². The fourth-order valence-electron chi connectivity index (χ4n) is 3.60. The molecule has 1 fully saturated rings. The van der Waals surface area contributed by atoms with E-state index in [1.54, 1.807) is 0 Å². The molecule has 0 spiro atoms. The average molecular weight is 379 g/mol. The molecule has 0 saturated carbocycles. The van der Waals surface area contributed by atoms with Crippen molar-refractivity contribution in [3.05, 3.63) is 84.4 Å². The van der Waals surface area contributed by atoms with E-state index in [9.17, 15) is 5.11 Å². The van der Waals surface area contributed by atoms with Gasteiger partial charge in [-0.2, -0.15) is 0 Å². The lowest BCUT2D eigenvalue weighted by Gasteiger charge is -2.27. The molecule has 1 aliphatic heterocycles.